The molecule has 14 heavy (non-hydrogen) atoms. The van der Waals surface area contributed by atoms with Crippen LogP contribution in [0.5, 0.6) is 0 Å². The third-order valence-corrected chi connectivity index (χ3v) is 1.84. The summed E-state index contributed by atoms with van der Waals surface area (Å²) < 4.78 is 1.97. The van der Waals surface area contributed by atoms with Crippen LogP contribution in [-0.2, 0) is 11.3 Å². The summed E-state index contributed by atoms with van der Waals surface area (Å²) in [7, 11) is 0. The van der Waals surface area contributed by atoms with Crippen molar-refractivity contribution in [3.63, 3.8) is 0 Å². The average molecular weight is 194 g/mol. The lowest BCUT2D eigenvalue weighted by Crippen LogP contribution is -2.37. The largest absolute Gasteiger partial charge is 0.355 e. The van der Waals surface area contributed by atoms with Gasteiger partial charge in [0.1, 0.15) is 0 Å². The Kier molecular flexibility index (Phi) is 4.64. The maximum atomic E-state index is 11.2. The van der Waals surface area contributed by atoms with E-state index in [2.05, 4.69) is 5.32 Å². The van der Waals surface area contributed by atoms with E-state index in [-0.39, 0.29) is 5.91 Å². The Morgan fingerprint density at radius 3 is 2.64 bits per heavy atom. The number of hydrogen-bond acceptors (Lipinski definition) is 2. The fraction of sp³-hybridized carbons (Fsp3) is 0.400. The zero-order valence-electron chi connectivity index (χ0n) is 8.15. The van der Waals surface area contributed by atoms with Crippen LogP contribution < -0.4 is 15.6 Å². The van der Waals surface area contributed by atoms with Gasteiger partial charge in [0.15, 0.2) is 18.9 Å². The van der Waals surface area contributed by atoms with Crippen LogP contribution in [0, 0.1) is 0 Å². The first-order valence-corrected chi connectivity index (χ1v) is 4.74. The normalized spacial score (nSPS) is 9.79. The topological polar surface area (TPSA) is 59.0 Å². The highest BCUT2D eigenvalue weighted by molar-refractivity contribution is 5.75. The number of nitrogens with one attached hydrogen (secondary N) is 1. The molecular weight excluding hydrogens is 178 g/mol. The smallest absolute Gasteiger partial charge is 0.226 e. The van der Waals surface area contributed by atoms with E-state index >= 15 is 0 Å². The highest BCUT2D eigenvalue weighted by atomic mass is 16.1. The quantitative estimate of drug-likeness (QED) is 0.617. The first kappa shape index (κ1) is 10.7. The van der Waals surface area contributed by atoms with Crippen LogP contribution in [0.15, 0.2) is 30.6 Å². The van der Waals surface area contributed by atoms with Crippen molar-refractivity contribution in [1.82, 2.24) is 5.32 Å². The molecule has 76 valence electrons. The molecular formula is C10H16N3O+. The van der Waals surface area contributed by atoms with Gasteiger partial charge in [-0.3, -0.25) is 4.79 Å². The molecule has 1 aromatic rings. The molecule has 0 radical (unpaired) electrons. The van der Waals surface area contributed by atoms with Crippen LogP contribution in [0.3, 0.4) is 0 Å². The molecule has 0 spiro atoms. The summed E-state index contributed by atoms with van der Waals surface area (Å²) in [6.45, 7) is 1.75. The predicted octanol–water partition coefficient (Wildman–Crippen LogP) is -0.561. The predicted molar refractivity (Wildman–Crippen MR) is 53.3 cm³/mol. The number of aryl methyl sites for hydroxylation is 1. The SMILES string of the molecule is NCCNC(=O)CC[n+]1ccccc1. The number of rotatable bonds is 5. The number of amides is 1. The lowest BCUT2D eigenvalue weighted by molar-refractivity contribution is -0.695. The molecule has 0 saturated heterocycles. The molecule has 1 rings (SSSR count). The van der Waals surface area contributed by atoms with Crippen molar-refractivity contribution in [1.29, 1.82) is 0 Å². The van der Waals surface area contributed by atoms with Gasteiger partial charge in [-0.25, -0.2) is 4.57 Å². The molecule has 1 heterocycles. The number of nitrogens with zero attached hydrogens (tertiary/aromatic N) is 1. The number of carbonyl (C=O) groups is 1. The first-order valence-electron chi connectivity index (χ1n) is 4.74. The van der Waals surface area contributed by atoms with E-state index < -0.39 is 0 Å². The maximum absolute atomic E-state index is 11.2. The molecule has 0 saturated carbocycles. The van der Waals surface area contributed by atoms with Gasteiger partial charge in [-0.15, -0.1) is 0 Å². The third kappa shape index (κ3) is 4.00. The number of carbonyl (C=O) groups excluding carboxylic acids is 1. The zero-order valence-corrected chi connectivity index (χ0v) is 8.15. The highest BCUT2D eigenvalue weighted by Gasteiger charge is 2.04. The zero-order chi connectivity index (χ0) is 10.2. The van der Waals surface area contributed by atoms with Crippen molar-refractivity contribution in [2.75, 3.05) is 13.1 Å². The van der Waals surface area contributed by atoms with E-state index in [0.717, 1.165) is 0 Å². The lowest BCUT2D eigenvalue weighted by Gasteiger charge is -2.00. The summed E-state index contributed by atoms with van der Waals surface area (Å²) in [4.78, 5) is 11.2. The molecule has 0 fully saturated rings. The average Bonchev–Trinajstić information content (AvgIpc) is 2.25. The minimum Gasteiger partial charge on any atom is -0.355 e. The summed E-state index contributed by atoms with van der Waals surface area (Å²) in [5.41, 5.74) is 5.26. The van der Waals surface area contributed by atoms with Crippen molar-refractivity contribution in [3.8, 4) is 0 Å². The number of aromatic nitrogens is 1. The molecule has 0 aliphatic rings. The molecule has 0 aliphatic carbocycles. The van der Waals surface area contributed by atoms with E-state index in [4.69, 9.17) is 5.73 Å². The molecule has 1 amide bonds. The van der Waals surface area contributed by atoms with E-state index in [9.17, 15) is 4.79 Å². The summed E-state index contributed by atoms with van der Waals surface area (Å²) in [5, 5.41) is 2.73. The number of nitrogens with two attached hydrogens (primary N) is 1. The Morgan fingerprint density at radius 2 is 2.00 bits per heavy atom. The van der Waals surface area contributed by atoms with E-state index in [1.165, 1.54) is 0 Å². The highest BCUT2D eigenvalue weighted by Crippen LogP contribution is 1.82. The van der Waals surface area contributed by atoms with Crippen LogP contribution in [0.1, 0.15) is 6.42 Å². The molecule has 0 bridgehead atoms. The molecule has 0 atom stereocenters. The van der Waals surface area contributed by atoms with Gasteiger partial charge in [-0.05, 0) is 0 Å². The molecule has 0 unspecified atom stereocenters. The van der Waals surface area contributed by atoms with Gasteiger partial charge in [0, 0.05) is 25.2 Å². The molecule has 4 nitrogen and oxygen atoms in total. The van der Waals surface area contributed by atoms with E-state index in [1.54, 1.807) is 0 Å². The Balaban J connectivity index is 2.24. The Hall–Kier alpha value is -1.42. The van der Waals surface area contributed by atoms with Crippen LogP contribution in [0.2, 0.25) is 0 Å². The van der Waals surface area contributed by atoms with Crippen molar-refractivity contribution in [2.24, 2.45) is 5.73 Å². The second kappa shape index (κ2) is 6.10. The standard InChI is InChI=1S/C10H15N3O/c11-5-6-12-10(14)4-9-13-7-2-1-3-8-13/h1-3,7-8H,4-6,9,11H2/p+1. The second-order valence-electron chi connectivity index (χ2n) is 3.00. The van der Waals surface area contributed by atoms with Crippen molar-refractivity contribution >= 4 is 5.91 Å². The number of hydrogen-bond donors (Lipinski definition) is 2. The summed E-state index contributed by atoms with van der Waals surface area (Å²) in [6.07, 6.45) is 4.38. The summed E-state index contributed by atoms with van der Waals surface area (Å²) in [5.74, 6) is 0.0480. The van der Waals surface area contributed by atoms with Gasteiger partial charge in [0.25, 0.3) is 0 Å². The second-order valence-corrected chi connectivity index (χ2v) is 3.00. The van der Waals surface area contributed by atoms with E-state index in [1.807, 2.05) is 35.2 Å². The first-order chi connectivity index (χ1) is 6.83. The Bertz CT molecular complexity index is 274. The fourth-order valence-corrected chi connectivity index (χ4v) is 1.11. The van der Waals surface area contributed by atoms with Gasteiger partial charge in [0.2, 0.25) is 5.91 Å². The maximum Gasteiger partial charge on any atom is 0.226 e. The Labute approximate surface area is 83.7 Å². The van der Waals surface area contributed by atoms with E-state index in [0.29, 0.717) is 26.1 Å². The van der Waals surface area contributed by atoms with Gasteiger partial charge in [-0.2, -0.15) is 0 Å². The van der Waals surface area contributed by atoms with Crippen molar-refractivity contribution in [3.05, 3.63) is 30.6 Å². The monoisotopic (exact) mass is 194 g/mol. The van der Waals surface area contributed by atoms with Crippen molar-refractivity contribution < 1.29 is 9.36 Å². The lowest BCUT2D eigenvalue weighted by atomic mass is 10.3. The van der Waals surface area contributed by atoms with Gasteiger partial charge < -0.3 is 11.1 Å². The van der Waals surface area contributed by atoms with Gasteiger partial charge >= 0.3 is 0 Å². The summed E-state index contributed by atoms with van der Waals surface area (Å²) in [6, 6.07) is 5.83. The van der Waals surface area contributed by atoms with Crippen LogP contribution >= 0.6 is 0 Å². The van der Waals surface area contributed by atoms with Crippen molar-refractivity contribution in [2.45, 2.75) is 13.0 Å². The molecule has 1 aromatic heterocycles. The molecule has 0 aliphatic heterocycles. The van der Waals surface area contributed by atoms with Crippen LogP contribution in [0.4, 0.5) is 0 Å². The van der Waals surface area contributed by atoms with Crippen LogP contribution in [0.25, 0.3) is 0 Å². The number of pyridine rings is 1. The van der Waals surface area contributed by atoms with Gasteiger partial charge in [-0.1, -0.05) is 6.07 Å². The molecule has 3 N–H and O–H groups in total. The minimum atomic E-state index is 0.0480. The molecule has 4 heteroatoms. The molecule has 0 aromatic carbocycles. The summed E-state index contributed by atoms with van der Waals surface area (Å²) >= 11 is 0. The third-order valence-electron chi connectivity index (χ3n) is 1.84. The fourth-order valence-electron chi connectivity index (χ4n) is 1.11. The minimum absolute atomic E-state index is 0.0480. The Morgan fingerprint density at radius 1 is 1.29 bits per heavy atom. The van der Waals surface area contributed by atoms with Crippen LogP contribution in [-0.4, -0.2) is 19.0 Å². The van der Waals surface area contributed by atoms with Gasteiger partial charge in [0.05, 0.1) is 6.42 Å².